The van der Waals surface area contributed by atoms with Crippen LogP contribution in [0.4, 0.5) is 4.79 Å². The molecule has 0 heterocycles. The number of carbonyl (C=O) groups excluding carboxylic acids is 3. The van der Waals surface area contributed by atoms with E-state index in [1.165, 1.54) is 0 Å². The minimum absolute atomic E-state index is 0.174. The number of amides is 3. The Hall–Kier alpha value is -2.57. The number of hydrogen-bond acceptors (Lipinski definition) is 4. The average Bonchev–Trinajstić information content (AvgIpc) is 2.63. The molecule has 1 aromatic carbocycles. The van der Waals surface area contributed by atoms with Gasteiger partial charge in [0.2, 0.25) is 11.8 Å². The van der Waals surface area contributed by atoms with E-state index in [0.29, 0.717) is 24.3 Å². The monoisotopic (exact) mass is 405 g/mol. The van der Waals surface area contributed by atoms with Gasteiger partial charge < -0.3 is 20.7 Å². The van der Waals surface area contributed by atoms with Crippen molar-refractivity contribution < 1.29 is 19.1 Å². The predicted molar refractivity (Wildman–Crippen MR) is 113 cm³/mol. The molecule has 0 bridgehead atoms. The van der Waals surface area contributed by atoms with Crippen LogP contribution < -0.4 is 16.0 Å². The molecule has 0 aromatic heterocycles. The van der Waals surface area contributed by atoms with Gasteiger partial charge in [-0.1, -0.05) is 58.0 Å². The molecule has 0 spiro atoms. The third-order valence-corrected chi connectivity index (χ3v) is 4.17. The Morgan fingerprint density at radius 2 is 1.62 bits per heavy atom. The largest absolute Gasteiger partial charge is 0.450 e. The van der Waals surface area contributed by atoms with Crippen LogP contribution in [0.3, 0.4) is 0 Å². The molecule has 3 N–H and O–H groups in total. The van der Waals surface area contributed by atoms with E-state index in [0.717, 1.165) is 0 Å². The van der Waals surface area contributed by atoms with Crippen molar-refractivity contribution in [2.24, 2.45) is 11.8 Å². The van der Waals surface area contributed by atoms with Crippen molar-refractivity contribution in [2.45, 2.75) is 59.5 Å². The second-order valence-corrected chi connectivity index (χ2v) is 7.95. The Bertz CT molecular complexity index is 647. The van der Waals surface area contributed by atoms with E-state index in [-0.39, 0.29) is 36.9 Å². The van der Waals surface area contributed by atoms with Gasteiger partial charge in [-0.25, -0.2) is 4.79 Å². The fraction of sp³-hybridized carbons (Fsp3) is 0.591. The summed E-state index contributed by atoms with van der Waals surface area (Å²) in [6.45, 7) is 10.3. The van der Waals surface area contributed by atoms with E-state index in [4.69, 9.17) is 4.74 Å². The van der Waals surface area contributed by atoms with E-state index in [1.54, 1.807) is 6.92 Å². The van der Waals surface area contributed by atoms with Crippen LogP contribution in [-0.4, -0.2) is 37.1 Å². The van der Waals surface area contributed by atoms with Crippen LogP contribution in [0.1, 0.15) is 59.1 Å². The molecular formula is C22H35N3O4. The molecule has 0 saturated carbocycles. The average molecular weight is 406 g/mol. The molecule has 7 heteroatoms. The predicted octanol–water partition coefficient (Wildman–Crippen LogP) is 3.17. The highest BCUT2D eigenvalue weighted by Crippen LogP contribution is 2.14. The van der Waals surface area contributed by atoms with Gasteiger partial charge in [-0.2, -0.15) is 0 Å². The summed E-state index contributed by atoms with van der Waals surface area (Å²) in [5.74, 6) is 0.0354. The van der Waals surface area contributed by atoms with E-state index >= 15 is 0 Å². The fourth-order valence-corrected chi connectivity index (χ4v) is 2.96. The highest BCUT2D eigenvalue weighted by molar-refractivity contribution is 5.88. The van der Waals surface area contributed by atoms with Crippen LogP contribution in [-0.2, 0) is 14.3 Å². The molecule has 0 radical (unpaired) electrons. The van der Waals surface area contributed by atoms with Crippen molar-refractivity contribution in [3.8, 4) is 0 Å². The van der Waals surface area contributed by atoms with Crippen molar-refractivity contribution in [3.63, 3.8) is 0 Å². The number of nitrogens with one attached hydrogen (secondary N) is 3. The Morgan fingerprint density at radius 3 is 2.17 bits per heavy atom. The van der Waals surface area contributed by atoms with Crippen molar-refractivity contribution >= 4 is 17.9 Å². The van der Waals surface area contributed by atoms with Gasteiger partial charge in [-0.05, 0) is 30.7 Å². The highest BCUT2D eigenvalue weighted by atomic mass is 16.5. The Balaban J connectivity index is 2.83. The molecule has 0 aliphatic heterocycles. The number of rotatable bonds is 11. The normalized spacial score (nSPS) is 12.9. The Kier molecular flexibility index (Phi) is 10.8. The van der Waals surface area contributed by atoms with Crippen LogP contribution in [0, 0.1) is 11.8 Å². The van der Waals surface area contributed by atoms with Gasteiger partial charge in [0.1, 0.15) is 6.04 Å². The van der Waals surface area contributed by atoms with E-state index in [9.17, 15) is 14.4 Å². The van der Waals surface area contributed by atoms with Gasteiger partial charge in [0.05, 0.1) is 6.61 Å². The van der Waals surface area contributed by atoms with Gasteiger partial charge in [0.15, 0.2) is 0 Å². The highest BCUT2D eigenvalue weighted by Gasteiger charge is 2.24. The quantitative estimate of drug-likeness (QED) is 0.527. The summed E-state index contributed by atoms with van der Waals surface area (Å²) >= 11 is 0. The molecule has 0 aliphatic rings. The first-order chi connectivity index (χ1) is 13.7. The standard InChI is InChI=1S/C22H35N3O4/c1-6-29-22(28)24-18(12-15(2)3)14-23-21(27)20(17-10-8-7-9-11-17)25-19(26)13-16(4)5/h7-11,15-16,18,20H,6,12-14H2,1-5H3,(H,23,27)(H,24,28)(H,25,26). The summed E-state index contributed by atoms with van der Waals surface area (Å²) in [7, 11) is 0. The lowest BCUT2D eigenvalue weighted by Gasteiger charge is -2.23. The minimum atomic E-state index is -0.787. The molecule has 2 unspecified atom stereocenters. The molecule has 1 rings (SSSR count). The summed E-state index contributed by atoms with van der Waals surface area (Å²) in [5, 5.41) is 8.48. The lowest BCUT2D eigenvalue weighted by atomic mass is 10.0. The molecular weight excluding hydrogens is 370 g/mol. The fourth-order valence-electron chi connectivity index (χ4n) is 2.96. The Morgan fingerprint density at radius 1 is 0.966 bits per heavy atom. The lowest BCUT2D eigenvalue weighted by molar-refractivity contribution is -0.129. The van der Waals surface area contributed by atoms with Gasteiger partial charge >= 0.3 is 6.09 Å². The number of hydrogen-bond donors (Lipinski definition) is 3. The summed E-state index contributed by atoms with van der Waals surface area (Å²) in [6.07, 6.45) is 0.531. The van der Waals surface area contributed by atoms with Gasteiger partial charge in [-0.15, -0.1) is 0 Å². The van der Waals surface area contributed by atoms with Crippen molar-refractivity contribution in [1.29, 1.82) is 0 Å². The number of benzene rings is 1. The minimum Gasteiger partial charge on any atom is -0.450 e. The van der Waals surface area contributed by atoms with Crippen LogP contribution in [0.2, 0.25) is 0 Å². The van der Waals surface area contributed by atoms with Crippen molar-refractivity contribution in [3.05, 3.63) is 35.9 Å². The summed E-state index contributed by atoms with van der Waals surface area (Å²) in [6, 6.07) is 8.08. The molecule has 0 saturated heterocycles. The molecule has 1 aromatic rings. The van der Waals surface area contributed by atoms with Crippen LogP contribution in [0.15, 0.2) is 30.3 Å². The van der Waals surface area contributed by atoms with Gasteiger partial charge in [0, 0.05) is 19.0 Å². The molecule has 0 aliphatic carbocycles. The molecule has 0 fully saturated rings. The lowest BCUT2D eigenvalue weighted by Crippen LogP contribution is -2.47. The van der Waals surface area contributed by atoms with E-state index in [2.05, 4.69) is 16.0 Å². The second-order valence-electron chi connectivity index (χ2n) is 7.95. The van der Waals surface area contributed by atoms with E-state index < -0.39 is 12.1 Å². The third-order valence-electron chi connectivity index (χ3n) is 4.17. The van der Waals surface area contributed by atoms with Crippen LogP contribution >= 0.6 is 0 Å². The molecule has 3 amide bonds. The Labute approximate surface area is 174 Å². The number of carbonyl (C=O) groups is 3. The van der Waals surface area contributed by atoms with E-state index in [1.807, 2.05) is 58.0 Å². The van der Waals surface area contributed by atoms with Crippen molar-refractivity contribution in [1.82, 2.24) is 16.0 Å². The summed E-state index contributed by atoms with van der Waals surface area (Å²) in [4.78, 5) is 37.0. The number of alkyl carbamates (subject to hydrolysis) is 1. The zero-order chi connectivity index (χ0) is 21.8. The first-order valence-electron chi connectivity index (χ1n) is 10.3. The topological polar surface area (TPSA) is 96.5 Å². The first-order valence-corrected chi connectivity index (χ1v) is 10.3. The molecule has 7 nitrogen and oxygen atoms in total. The zero-order valence-electron chi connectivity index (χ0n) is 18.2. The van der Waals surface area contributed by atoms with Crippen LogP contribution in [0.5, 0.6) is 0 Å². The third kappa shape index (κ3) is 9.96. The maximum Gasteiger partial charge on any atom is 0.407 e. The van der Waals surface area contributed by atoms with Gasteiger partial charge in [-0.3, -0.25) is 9.59 Å². The summed E-state index contributed by atoms with van der Waals surface area (Å²) in [5.41, 5.74) is 0.709. The zero-order valence-corrected chi connectivity index (χ0v) is 18.2. The summed E-state index contributed by atoms with van der Waals surface area (Å²) < 4.78 is 4.95. The molecule has 2 atom stereocenters. The van der Waals surface area contributed by atoms with Crippen LogP contribution in [0.25, 0.3) is 0 Å². The SMILES string of the molecule is CCOC(=O)NC(CNC(=O)C(NC(=O)CC(C)C)c1ccccc1)CC(C)C. The molecule has 29 heavy (non-hydrogen) atoms. The smallest absolute Gasteiger partial charge is 0.407 e. The second kappa shape index (κ2) is 12.8. The first kappa shape index (κ1) is 24.5. The number of ether oxygens (including phenoxy) is 1. The van der Waals surface area contributed by atoms with Crippen molar-refractivity contribution in [2.75, 3.05) is 13.2 Å². The maximum absolute atomic E-state index is 12.9. The maximum atomic E-state index is 12.9. The molecule has 162 valence electrons. The van der Waals surface area contributed by atoms with Gasteiger partial charge in [0.25, 0.3) is 0 Å².